The van der Waals surface area contributed by atoms with Crippen LogP contribution in [0.15, 0.2) is 48.1 Å². The molecule has 0 bridgehead atoms. The van der Waals surface area contributed by atoms with Gasteiger partial charge in [0.15, 0.2) is 11.2 Å². The second-order valence-corrected chi connectivity index (χ2v) is 5.74. The zero-order valence-electron chi connectivity index (χ0n) is 14.5. The Bertz CT molecular complexity index is 682. The highest BCUT2D eigenvalue weighted by Crippen LogP contribution is 2.40. The van der Waals surface area contributed by atoms with Crippen LogP contribution in [0.1, 0.15) is 32.3 Å². The van der Waals surface area contributed by atoms with Crippen molar-refractivity contribution in [1.82, 2.24) is 0 Å². The number of rotatable bonds is 7. The van der Waals surface area contributed by atoms with Crippen molar-refractivity contribution < 1.29 is 23.9 Å². The lowest BCUT2D eigenvalue weighted by atomic mass is 9.83. The highest BCUT2D eigenvalue weighted by atomic mass is 16.6. The third kappa shape index (κ3) is 4.24. The summed E-state index contributed by atoms with van der Waals surface area (Å²) >= 11 is 0. The summed E-state index contributed by atoms with van der Waals surface area (Å²) in [5.41, 5.74) is -0.123. The molecule has 0 unspecified atom stereocenters. The van der Waals surface area contributed by atoms with E-state index in [9.17, 15) is 14.4 Å². The van der Waals surface area contributed by atoms with Crippen LogP contribution in [0, 0.1) is 5.41 Å². The molecule has 0 fully saturated rings. The zero-order chi connectivity index (χ0) is 18.3. The number of carbonyl (C=O) groups is 3. The minimum atomic E-state index is -1.45. The molecule has 0 heterocycles. The standard InChI is InChI=1S/C20H22O5/c1-3-24-18(22)20(19(23)25-4-2)13-12-16(14-20)17(21)11-10-15-8-6-5-7-9-15/h5-12H,3-4,13-14H2,1-2H3/b11-10+. The fourth-order valence-electron chi connectivity index (χ4n) is 2.73. The molecule has 1 aliphatic rings. The van der Waals surface area contributed by atoms with Gasteiger partial charge in [-0.1, -0.05) is 42.5 Å². The van der Waals surface area contributed by atoms with Crippen molar-refractivity contribution in [3.05, 3.63) is 53.6 Å². The Kier molecular flexibility index (Phi) is 6.28. The van der Waals surface area contributed by atoms with Crippen LogP contribution in [0.25, 0.3) is 6.08 Å². The molecule has 0 radical (unpaired) electrons. The summed E-state index contributed by atoms with van der Waals surface area (Å²) in [4.78, 5) is 37.1. The number of hydrogen-bond donors (Lipinski definition) is 0. The van der Waals surface area contributed by atoms with Gasteiger partial charge in [0.1, 0.15) is 0 Å². The normalized spacial score (nSPS) is 15.7. The van der Waals surface area contributed by atoms with Crippen LogP contribution < -0.4 is 0 Å². The zero-order valence-corrected chi connectivity index (χ0v) is 14.5. The van der Waals surface area contributed by atoms with Gasteiger partial charge in [0.2, 0.25) is 0 Å². The van der Waals surface area contributed by atoms with Crippen molar-refractivity contribution in [2.45, 2.75) is 26.7 Å². The molecule has 25 heavy (non-hydrogen) atoms. The predicted molar refractivity (Wildman–Crippen MR) is 93.5 cm³/mol. The first-order valence-electron chi connectivity index (χ1n) is 8.34. The molecule has 0 amide bonds. The van der Waals surface area contributed by atoms with Crippen molar-refractivity contribution in [1.29, 1.82) is 0 Å². The first-order chi connectivity index (χ1) is 12.0. The maximum Gasteiger partial charge on any atom is 0.324 e. The van der Waals surface area contributed by atoms with E-state index in [1.807, 2.05) is 30.3 Å². The molecule has 0 aromatic heterocycles. The number of benzene rings is 1. The van der Waals surface area contributed by atoms with E-state index in [1.165, 1.54) is 6.08 Å². The Morgan fingerprint density at radius 3 is 2.20 bits per heavy atom. The fraction of sp³-hybridized carbons (Fsp3) is 0.350. The van der Waals surface area contributed by atoms with Crippen molar-refractivity contribution in [2.24, 2.45) is 5.41 Å². The maximum absolute atomic E-state index is 12.4. The lowest BCUT2D eigenvalue weighted by molar-refractivity contribution is -0.171. The third-order valence-corrected chi connectivity index (χ3v) is 4.06. The van der Waals surface area contributed by atoms with Crippen LogP contribution in [0.4, 0.5) is 0 Å². The first-order valence-corrected chi connectivity index (χ1v) is 8.34. The van der Waals surface area contributed by atoms with E-state index < -0.39 is 17.4 Å². The second-order valence-electron chi connectivity index (χ2n) is 5.74. The monoisotopic (exact) mass is 342 g/mol. The Labute approximate surface area is 147 Å². The molecular formula is C20H22O5. The van der Waals surface area contributed by atoms with E-state index in [0.29, 0.717) is 5.57 Å². The molecule has 0 aliphatic heterocycles. The molecule has 0 N–H and O–H groups in total. The molecule has 1 aromatic carbocycles. The number of carbonyl (C=O) groups excluding carboxylic acids is 3. The lowest BCUT2D eigenvalue weighted by Gasteiger charge is -2.24. The number of esters is 2. The van der Waals surface area contributed by atoms with E-state index in [1.54, 1.807) is 26.0 Å². The SMILES string of the molecule is CCOC(=O)C1(C(=O)OCC)CC=C(C(=O)/C=C/c2ccccc2)C1. The van der Waals surface area contributed by atoms with Gasteiger partial charge in [0.25, 0.3) is 0 Å². The first kappa shape index (κ1) is 18.6. The highest BCUT2D eigenvalue weighted by Gasteiger charge is 2.52. The summed E-state index contributed by atoms with van der Waals surface area (Å²) in [6.45, 7) is 3.68. The molecule has 1 aliphatic carbocycles. The van der Waals surface area contributed by atoms with Gasteiger partial charge in [-0.25, -0.2) is 0 Å². The van der Waals surface area contributed by atoms with Crippen LogP contribution in [0.5, 0.6) is 0 Å². The van der Waals surface area contributed by atoms with Gasteiger partial charge >= 0.3 is 11.9 Å². The number of allylic oxidation sites excluding steroid dienone is 3. The number of hydrogen-bond acceptors (Lipinski definition) is 5. The Hall–Kier alpha value is -2.69. The smallest absolute Gasteiger partial charge is 0.324 e. The minimum absolute atomic E-state index is 0.00261. The van der Waals surface area contributed by atoms with E-state index in [2.05, 4.69) is 0 Å². The molecule has 1 aromatic rings. The molecule has 5 nitrogen and oxygen atoms in total. The summed E-state index contributed by atoms with van der Waals surface area (Å²) in [5, 5.41) is 0. The summed E-state index contributed by atoms with van der Waals surface area (Å²) in [7, 11) is 0. The lowest BCUT2D eigenvalue weighted by Crippen LogP contribution is -2.40. The van der Waals surface area contributed by atoms with Gasteiger partial charge in [0.05, 0.1) is 13.2 Å². The molecule has 0 spiro atoms. The Morgan fingerprint density at radius 1 is 1.04 bits per heavy atom. The van der Waals surface area contributed by atoms with Crippen molar-refractivity contribution in [3.63, 3.8) is 0 Å². The van der Waals surface area contributed by atoms with Gasteiger partial charge in [-0.3, -0.25) is 14.4 Å². The van der Waals surface area contributed by atoms with Crippen molar-refractivity contribution >= 4 is 23.8 Å². The topological polar surface area (TPSA) is 69.7 Å². The minimum Gasteiger partial charge on any atom is -0.465 e. The van der Waals surface area contributed by atoms with Crippen LogP contribution in [-0.2, 0) is 23.9 Å². The molecule has 0 saturated heterocycles. The average Bonchev–Trinajstić information content (AvgIpc) is 3.08. The summed E-state index contributed by atoms with van der Waals surface area (Å²) in [6.07, 6.45) is 4.91. The van der Waals surface area contributed by atoms with Gasteiger partial charge < -0.3 is 9.47 Å². The predicted octanol–water partition coefficient (Wildman–Crippen LogP) is 3.10. The second kappa shape index (κ2) is 8.42. The average molecular weight is 342 g/mol. The van der Waals surface area contributed by atoms with Gasteiger partial charge in [-0.05, 0) is 37.5 Å². The van der Waals surface area contributed by atoms with Crippen LogP contribution >= 0.6 is 0 Å². The van der Waals surface area contributed by atoms with E-state index >= 15 is 0 Å². The van der Waals surface area contributed by atoms with Gasteiger partial charge in [-0.15, -0.1) is 0 Å². The number of ether oxygens (including phenoxy) is 2. The molecule has 2 rings (SSSR count). The van der Waals surface area contributed by atoms with E-state index in [-0.39, 0.29) is 31.8 Å². The van der Waals surface area contributed by atoms with Gasteiger partial charge in [-0.2, -0.15) is 0 Å². The highest BCUT2D eigenvalue weighted by molar-refractivity contribution is 6.10. The van der Waals surface area contributed by atoms with Gasteiger partial charge in [0, 0.05) is 6.42 Å². The maximum atomic E-state index is 12.4. The van der Waals surface area contributed by atoms with Crippen LogP contribution in [-0.4, -0.2) is 30.9 Å². The van der Waals surface area contributed by atoms with Crippen molar-refractivity contribution in [2.75, 3.05) is 13.2 Å². The third-order valence-electron chi connectivity index (χ3n) is 4.06. The quantitative estimate of drug-likeness (QED) is 0.433. The summed E-state index contributed by atoms with van der Waals surface area (Å²) < 4.78 is 10.1. The molecule has 0 atom stereocenters. The summed E-state index contributed by atoms with van der Waals surface area (Å²) in [6, 6.07) is 9.42. The molecule has 132 valence electrons. The van der Waals surface area contributed by atoms with E-state index in [0.717, 1.165) is 5.56 Å². The van der Waals surface area contributed by atoms with Crippen molar-refractivity contribution in [3.8, 4) is 0 Å². The Balaban J connectivity index is 2.14. The molecule has 0 saturated carbocycles. The van der Waals surface area contributed by atoms with Crippen LogP contribution in [0.2, 0.25) is 0 Å². The summed E-state index contributed by atoms with van der Waals surface area (Å²) in [5.74, 6) is -1.50. The largest absolute Gasteiger partial charge is 0.465 e. The number of ketones is 1. The molecular weight excluding hydrogens is 320 g/mol. The Morgan fingerprint density at radius 2 is 1.64 bits per heavy atom. The molecule has 5 heteroatoms. The van der Waals surface area contributed by atoms with Crippen LogP contribution in [0.3, 0.4) is 0 Å². The van der Waals surface area contributed by atoms with E-state index in [4.69, 9.17) is 9.47 Å². The fourth-order valence-corrected chi connectivity index (χ4v) is 2.73.